The van der Waals surface area contributed by atoms with E-state index < -0.39 is 41.9 Å². The largest absolute Gasteiger partial charge is 0.481 e. The second-order valence-electron chi connectivity index (χ2n) is 7.25. The van der Waals surface area contributed by atoms with Gasteiger partial charge in [0, 0.05) is 15.4 Å². The Morgan fingerprint density at radius 2 is 2.00 bits per heavy atom. The number of nitrogens with one attached hydrogen (secondary N) is 1. The van der Waals surface area contributed by atoms with Crippen LogP contribution in [0.5, 0.6) is 0 Å². The molecule has 0 saturated carbocycles. The maximum atomic E-state index is 13.0. The molecule has 0 unspecified atom stereocenters. The van der Waals surface area contributed by atoms with Crippen LogP contribution < -0.4 is 5.32 Å². The number of fused-ring (bicyclic) bond motifs is 2. The van der Waals surface area contributed by atoms with Crippen LogP contribution in [-0.2, 0) is 19.1 Å². The fourth-order valence-corrected chi connectivity index (χ4v) is 5.60. The summed E-state index contributed by atoms with van der Waals surface area (Å²) in [6, 6.07) is 7.48. The summed E-state index contributed by atoms with van der Waals surface area (Å²) in [5.74, 6) is -3.67. The van der Waals surface area contributed by atoms with Crippen molar-refractivity contribution in [3.05, 3.63) is 39.7 Å². The molecule has 2 N–H and O–H groups in total. The summed E-state index contributed by atoms with van der Waals surface area (Å²) in [4.78, 5) is 37.5. The zero-order valence-corrected chi connectivity index (χ0v) is 18.5. The van der Waals surface area contributed by atoms with Crippen molar-refractivity contribution in [3.63, 3.8) is 0 Å². The highest BCUT2D eigenvalue weighted by atomic mass is 79.9. The van der Waals surface area contributed by atoms with Gasteiger partial charge >= 0.3 is 11.9 Å². The zero-order valence-electron chi connectivity index (χ0n) is 16.1. The van der Waals surface area contributed by atoms with Crippen LogP contribution in [0.3, 0.4) is 0 Å². The van der Waals surface area contributed by atoms with Gasteiger partial charge in [-0.1, -0.05) is 28.1 Å². The van der Waals surface area contributed by atoms with Gasteiger partial charge in [-0.3, -0.25) is 9.59 Å². The van der Waals surface area contributed by atoms with Crippen LogP contribution in [0.4, 0.5) is 5.00 Å². The number of ether oxygens (including phenoxy) is 2. The third-order valence-corrected chi connectivity index (χ3v) is 6.89. The lowest BCUT2D eigenvalue weighted by Gasteiger charge is -2.23. The summed E-state index contributed by atoms with van der Waals surface area (Å²) >= 11 is 4.64. The lowest BCUT2D eigenvalue weighted by molar-refractivity contribution is -0.147. The summed E-state index contributed by atoms with van der Waals surface area (Å²) < 4.78 is 11.8. The molecule has 1 amide bonds. The fraction of sp³-hybridized carbons (Fsp3) is 0.381. The van der Waals surface area contributed by atoms with Gasteiger partial charge in [0.15, 0.2) is 0 Å². The number of thiophene rings is 1. The van der Waals surface area contributed by atoms with E-state index in [4.69, 9.17) is 9.47 Å². The molecule has 9 heteroatoms. The molecule has 0 radical (unpaired) electrons. The van der Waals surface area contributed by atoms with E-state index in [0.29, 0.717) is 23.4 Å². The van der Waals surface area contributed by atoms with Crippen LogP contribution in [0.15, 0.2) is 34.1 Å². The van der Waals surface area contributed by atoms with Crippen molar-refractivity contribution in [3.8, 4) is 11.1 Å². The summed E-state index contributed by atoms with van der Waals surface area (Å²) in [6.07, 6.45) is 0.455. The van der Waals surface area contributed by atoms with Gasteiger partial charge in [0.1, 0.15) is 10.6 Å². The molecule has 2 fully saturated rings. The summed E-state index contributed by atoms with van der Waals surface area (Å²) in [5.41, 5.74) is 1.72. The standard InChI is InChI=1S/C21H20BrNO6S/c1-2-28-21(27)15-12(10-4-3-5-11(22)8-10)9-30-19(15)23-18(24)16-13-6-7-14(29-13)17(16)20(25)26/h3-5,8-9,13-14,16-17H,2,6-7H2,1H3,(H,23,24)(H,25,26)/t13-,14-,16+,17-/m0/s1. The third kappa shape index (κ3) is 3.77. The number of anilines is 1. The van der Waals surface area contributed by atoms with Crippen LogP contribution >= 0.6 is 27.3 Å². The van der Waals surface area contributed by atoms with Crippen LogP contribution in [0.1, 0.15) is 30.1 Å². The Bertz CT molecular complexity index is 1010. The first-order valence-electron chi connectivity index (χ1n) is 9.64. The Balaban J connectivity index is 1.66. The molecule has 3 heterocycles. The summed E-state index contributed by atoms with van der Waals surface area (Å²) in [7, 11) is 0. The fourth-order valence-electron chi connectivity index (χ4n) is 4.24. The molecular formula is C21H20BrNO6S. The normalized spacial score (nSPS) is 24.6. The Kier molecular flexibility index (Phi) is 5.95. The second-order valence-corrected chi connectivity index (χ2v) is 9.05. The van der Waals surface area contributed by atoms with Gasteiger partial charge in [-0.2, -0.15) is 0 Å². The molecule has 30 heavy (non-hydrogen) atoms. The van der Waals surface area contributed by atoms with E-state index >= 15 is 0 Å². The van der Waals surface area contributed by atoms with Crippen molar-refractivity contribution in [2.45, 2.75) is 32.0 Å². The van der Waals surface area contributed by atoms with Gasteiger partial charge in [0.05, 0.1) is 30.7 Å². The average Bonchev–Trinajstić information content (AvgIpc) is 3.42. The van der Waals surface area contributed by atoms with Gasteiger partial charge < -0.3 is 19.9 Å². The van der Waals surface area contributed by atoms with Crippen LogP contribution in [0.2, 0.25) is 0 Å². The number of amides is 1. The van der Waals surface area contributed by atoms with Gasteiger partial charge in [-0.25, -0.2) is 4.79 Å². The molecule has 4 rings (SSSR count). The highest BCUT2D eigenvalue weighted by molar-refractivity contribution is 9.10. The van der Waals surface area contributed by atoms with Gasteiger partial charge in [0.2, 0.25) is 5.91 Å². The summed E-state index contributed by atoms with van der Waals surface area (Å²) in [5, 5.41) is 14.5. The highest BCUT2D eigenvalue weighted by Crippen LogP contribution is 2.45. The molecule has 2 aromatic rings. The molecule has 1 aromatic heterocycles. The number of halogens is 1. The predicted molar refractivity (Wildman–Crippen MR) is 115 cm³/mol. The Hall–Kier alpha value is -2.23. The van der Waals surface area contributed by atoms with Crippen molar-refractivity contribution in [1.82, 2.24) is 0 Å². The van der Waals surface area contributed by atoms with Gasteiger partial charge in [-0.15, -0.1) is 11.3 Å². The molecule has 2 saturated heterocycles. The first kappa shape index (κ1) is 21.0. The van der Waals surface area contributed by atoms with Crippen LogP contribution in [0.25, 0.3) is 11.1 Å². The van der Waals surface area contributed by atoms with Gasteiger partial charge in [-0.05, 0) is 37.5 Å². The van der Waals surface area contributed by atoms with E-state index in [0.717, 1.165) is 10.0 Å². The Morgan fingerprint density at radius 1 is 1.27 bits per heavy atom. The van der Waals surface area contributed by atoms with E-state index in [2.05, 4.69) is 21.2 Å². The number of benzene rings is 1. The number of carbonyl (C=O) groups excluding carboxylic acids is 2. The van der Waals surface area contributed by atoms with Crippen molar-refractivity contribution in [2.24, 2.45) is 11.8 Å². The lowest BCUT2D eigenvalue weighted by Crippen LogP contribution is -2.41. The van der Waals surface area contributed by atoms with E-state index in [1.165, 1.54) is 11.3 Å². The number of rotatable bonds is 6. The van der Waals surface area contributed by atoms with E-state index in [1.807, 2.05) is 24.3 Å². The van der Waals surface area contributed by atoms with Crippen molar-refractivity contribution >= 4 is 50.1 Å². The number of esters is 1. The quantitative estimate of drug-likeness (QED) is 0.585. The first-order chi connectivity index (χ1) is 14.4. The first-order valence-corrected chi connectivity index (χ1v) is 11.3. The number of aliphatic carboxylic acids is 1. The monoisotopic (exact) mass is 493 g/mol. The summed E-state index contributed by atoms with van der Waals surface area (Å²) in [6.45, 7) is 1.91. The lowest BCUT2D eigenvalue weighted by atomic mass is 9.79. The molecule has 4 atom stereocenters. The molecule has 2 aliphatic rings. The zero-order chi connectivity index (χ0) is 21.4. The molecule has 0 spiro atoms. The third-order valence-electron chi connectivity index (χ3n) is 5.50. The second kappa shape index (κ2) is 8.49. The number of carboxylic acid groups (broad SMARTS) is 1. The molecule has 2 aliphatic heterocycles. The topological polar surface area (TPSA) is 102 Å². The minimum absolute atomic E-state index is 0.196. The predicted octanol–water partition coefficient (Wildman–Crippen LogP) is 4.17. The molecule has 7 nitrogen and oxygen atoms in total. The molecule has 158 valence electrons. The Morgan fingerprint density at radius 3 is 2.67 bits per heavy atom. The van der Waals surface area contributed by atoms with E-state index in [-0.39, 0.29) is 12.2 Å². The SMILES string of the molecule is CCOC(=O)c1c(-c2cccc(Br)c2)csc1NC(=O)[C@H]1[C@@H](C(=O)O)[C@@H]2CC[C@@H]1O2. The molecular weight excluding hydrogens is 474 g/mol. The van der Waals surface area contributed by atoms with Crippen molar-refractivity contribution in [1.29, 1.82) is 0 Å². The maximum Gasteiger partial charge on any atom is 0.341 e. The van der Waals surface area contributed by atoms with E-state index in [1.54, 1.807) is 12.3 Å². The van der Waals surface area contributed by atoms with Crippen molar-refractivity contribution in [2.75, 3.05) is 11.9 Å². The van der Waals surface area contributed by atoms with Crippen LogP contribution in [0, 0.1) is 11.8 Å². The minimum atomic E-state index is -1.03. The highest BCUT2D eigenvalue weighted by Gasteiger charge is 2.55. The smallest absolute Gasteiger partial charge is 0.341 e. The number of hydrogen-bond donors (Lipinski definition) is 2. The van der Waals surface area contributed by atoms with Crippen LogP contribution in [-0.4, -0.2) is 41.8 Å². The minimum Gasteiger partial charge on any atom is -0.481 e. The van der Waals surface area contributed by atoms with E-state index in [9.17, 15) is 19.5 Å². The average molecular weight is 494 g/mol. The maximum absolute atomic E-state index is 13.0. The van der Waals surface area contributed by atoms with Crippen molar-refractivity contribution < 1.29 is 29.0 Å². The molecule has 0 aliphatic carbocycles. The number of hydrogen-bond acceptors (Lipinski definition) is 6. The number of carboxylic acids is 1. The molecule has 2 bridgehead atoms. The number of carbonyl (C=O) groups is 3. The van der Waals surface area contributed by atoms with Gasteiger partial charge in [0.25, 0.3) is 0 Å². The Labute approximate surface area is 185 Å². The molecule has 1 aromatic carbocycles.